The zero-order valence-corrected chi connectivity index (χ0v) is 18.4. The molecule has 1 aliphatic rings. The van der Waals surface area contributed by atoms with E-state index in [0.29, 0.717) is 17.9 Å². The second-order valence-corrected chi connectivity index (χ2v) is 9.64. The van der Waals surface area contributed by atoms with Gasteiger partial charge in [0.05, 0.1) is 5.56 Å². The highest BCUT2D eigenvalue weighted by Gasteiger charge is 2.36. The zero-order chi connectivity index (χ0) is 21.4. The summed E-state index contributed by atoms with van der Waals surface area (Å²) in [4.78, 5) is 11.7. The first-order valence-electron chi connectivity index (χ1n) is 10.7. The van der Waals surface area contributed by atoms with Crippen LogP contribution in [0, 0.1) is 0 Å². The normalized spacial score (nSPS) is 16.5. The minimum Gasteiger partial charge on any atom is -0.488 e. The van der Waals surface area contributed by atoms with E-state index in [-0.39, 0.29) is 10.8 Å². The van der Waals surface area contributed by atoms with E-state index in [0.717, 1.165) is 23.0 Å². The van der Waals surface area contributed by atoms with Crippen molar-refractivity contribution < 1.29 is 9.53 Å². The van der Waals surface area contributed by atoms with Gasteiger partial charge in [-0.3, -0.25) is 4.79 Å². The first-order chi connectivity index (χ1) is 14.3. The number of benzene rings is 3. The number of hydrogen-bond donors (Lipinski definition) is 0. The molecule has 0 heterocycles. The van der Waals surface area contributed by atoms with Crippen molar-refractivity contribution in [3.05, 3.63) is 89.0 Å². The molecule has 1 aliphatic carbocycles. The summed E-state index contributed by atoms with van der Waals surface area (Å²) in [5, 5.41) is 0. The molecule has 3 aromatic carbocycles. The molecule has 3 aromatic rings. The van der Waals surface area contributed by atoms with E-state index in [1.807, 2.05) is 48.5 Å². The van der Waals surface area contributed by atoms with Crippen LogP contribution in [-0.2, 0) is 17.4 Å². The third-order valence-corrected chi connectivity index (χ3v) is 6.56. The van der Waals surface area contributed by atoms with Crippen LogP contribution in [0.2, 0.25) is 0 Å². The Labute approximate surface area is 179 Å². The maximum absolute atomic E-state index is 11.7. The SMILES string of the molecule is CC1(C)CCC(C)(C)c2cc(COc3c(C=O)cccc3-c3ccccc3)ccc21. The van der Waals surface area contributed by atoms with Gasteiger partial charge in [0, 0.05) is 5.56 Å². The van der Waals surface area contributed by atoms with Crippen molar-refractivity contribution in [1.82, 2.24) is 0 Å². The van der Waals surface area contributed by atoms with Crippen molar-refractivity contribution in [3.8, 4) is 16.9 Å². The molecular formula is C28H30O2. The number of hydrogen-bond acceptors (Lipinski definition) is 2. The van der Waals surface area contributed by atoms with E-state index in [1.54, 1.807) is 0 Å². The van der Waals surface area contributed by atoms with Gasteiger partial charge in [-0.1, -0.05) is 88.4 Å². The maximum atomic E-state index is 11.7. The van der Waals surface area contributed by atoms with Crippen LogP contribution in [0.1, 0.15) is 67.6 Å². The molecule has 0 N–H and O–H groups in total. The molecule has 0 aliphatic heterocycles. The van der Waals surface area contributed by atoms with E-state index >= 15 is 0 Å². The highest BCUT2D eigenvalue weighted by molar-refractivity contribution is 5.86. The minimum atomic E-state index is 0.163. The number of aldehydes is 1. The fourth-order valence-corrected chi connectivity index (χ4v) is 4.53. The highest BCUT2D eigenvalue weighted by Crippen LogP contribution is 2.46. The lowest BCUT2D eigenvalue weighted by atomic mass is 9.63. The Morgan fingerprint density at radius 1 is 0.833 bits per heavy atom. The standard InChI is InChI=1S/C28H30O2/c1-27(2)15-16-28(3,4)25-17-20(13-14-24(25)27)19-30-26-22(18-29)11-8-12-23(26)21-9-6-5-7-10-21/h5-14,17-18H,15-16,19H2,1-4H3. The number of carbonyl (C=O) groups excluding carboxylic acids is 1. The highest BCUT2D eigenvalue weighted by atomic mass is 16.5. The predicted octanol–water partition coefficient (Wildman–Crippen LogP) is 7.09. The molecule has 0 aromatic heterocycles. The fraction of sp³-hybridized carbons (Fsp3) is 0.321. The van der Waals surface area contributed by atoms with Gasteiger partial charge < -0.3 is 4.74 Å². The van der Waals surface area contributed by atoms with Crippen molar-refractivity contribution in [2.24, 2.45) is 0 Å². The zero-order valence-electron chi connectivity index (χ0n) is 18.4. The van der Waals surface area contributed by atoms with E-state index in [9.17, 15) is 4.79 Å². The summed E-state index contributed by atoms with van der Waals surface area (Å²) in [5.41, 5.74) is 6.94. The number of carbonyl (C=O) groups is 1. The summed E-state index contributed by atoms with van der Waals surface area (Å²) in [7, 11) is 0. The van der Waals surface area contributed by atoms with Gasteiger partial charge in [-0.25, -0.2) is 0 Å². The Bertz CT molecular complexity index is 1060. The topological polar surface area (TPSA) is 26.3 Å². The van der Waals surface area contributed by atoms with Crippen molar-refractivity contribution >= 4 is 6.29 Å². The molecule has 0 unspecified atom stereocenters. The summed E-state index contributed by atoms with van der Waals surface area (Å²) in [6, 6.07) is 22.6. The molecule has 0 saturated heterocycles. The van der Waals surface area contributed by atoms with E-state index in [1.165, 1.54) is 24.0 Å². The Kier molecular flexibility index (Phi) is 5.27. The predicted molar refractivity (Wildman–Crippen MR) is 123 cm³/mol. The second-order valence-electron chi connectivity index (χ2n) is 9.64. The van der Waals surface area contributed by atoms with Gasteiger partial charge in [0.2, 0.25) is 0 Å². The molecule has 154 valence electrons. The van der Waals surface area contributed by atoms with Crippen molar-refractivity contribution in [2.75, 3.05) is 0 Å². The summed E-state index contributed by atoms with van der Waals surface area (Å²) in [6.45, 7) is 9.78. The van der Waals surface area contributed by atoms with E-state index in [4.69, 9.17) is 4.74 Å². The van der Waals surface area contributed by atoms with Gasteiger partial charge in [-0.2, -0.15) is 0 Å². The Morgan fingerprint density at radius 2 is 1.53 bits per heavy atom. The summed E-state index contributed by atoms with van der Waals surface area (Å²) in [6.07, 6.45) is 3.26. The Balaban J connectivity index is 1.67. The van der Waals surface area contributed by atoms with Gasteiger partial charge in [-0.15, -0.1) is 0 Å². The van der Waals surface area contributed by atoms with Crippen molar-refractivity contribution in [2.45, 2.75) is 58.0 Å². The monoisotopic (exact) mass is 398 g/mol. The third-order valence-electron chi connectivity index (χ3n) is 6.56. The van der Waals surface area contributed by atoms with E-state index in [2.05, 4.69) is 45.9 Å². The number of rotatable bonds is 5. The number of para-hydroxylation sites is 1. The van der Waals surface area contributed by atoms with Gasteiger partial charge in [-0.05, 0) is 52.0 Å². The van der Waals surface area contributed by atoms with E-state index < -0.39 is 0 Å². The van der Waals surface area contributed by atoms with Gasteiger partial charge in [0.1, 0.15) is 12.4 Å². The average molecular weight is 399 g/mol. The van der Waals surface area contributed by atoms with Crippen LogP contribution >= 0.6 is 0 Å². The van der Waals surface area contributed by atoms with Gasteiger partial charge >= 0.3 is 0 Å². The van der Waals surface area contributed by atoms with Crippen molar-refractivity contribution in [1.29, 1.82) is 0 Å². The smallest absolute Gasteiger partial charge is 0.153 e. The second kappa shape index (κ2) is 7.75. The maximum Gasteiger partial charge on any atom is 0.153 e. The van der Waals surface area contributed by atoms with Crippen LogP contribution in [0.15, 0.2) is 66.7 Å². The molecule has 0 atom stereocenters. The lowest BCUT2D eigenvalue weighted by Gasteiger charge is -2.42. The molecule has 0 saturated carbocycles. The molecule has 0 radical (unpaired) electrons. The number of fused-ring (bicyclic) bond motifs is 1. The quantitative estimate of drug-likeness (QED) is 0.429. The van der Waals surface area contributed by atoms with Gasteiger partial charge in [0.15, 0.2) is 6.29 Å². The first-order valence-corrected chi connectivity index (χ1v) is 10.7. The van der Waals surface area contributed by atoms with Gasteiger partial charge in [0.25, 0.3) is 0 Å². The fourth-order valence-electron chi connectivity index (χ4n) is 4.53. The van der Waals surface area contributed by atoms with Crippen LogP contribution in [-0.4, -0.2) is 6.29 Å². The molecule has 2 nitrogen and oxygen atoms in total. The van der Waals surface area contributed by atoms with Crippen LogP contribution < -0.4 is 4.74 Å². The minimum absolute atomic E-state index is 0.163. The van der Waals surface area contributed by atoms with Crippen LogP contribution in [0.4, 0.5) is 0 Å². The number of ether oxygens (including phenoxy) is 1. The molecule has 0 spiro atoms. The largest absolute Gasteiger partial charge is 0.488 e. The molecule has 0 fully saturated rings. The average Bonchev–Trinajstić information content (AvgIpc) is 2.76. The lowest BCUT2D eigenvalue weighted by Crippen LogP contribution is -2.33. The molecule has 0 amide bonds. The Hall–Kier alpha value is -2.87. The molecule has 30 heavy (non-hydrogen) atoms. The molecular weight excluding hydrogens is 368 g/mol. The Morgan fingerprint density at radius 3 is 2.23 bits per heavy atom. The van der Waals surface area contributed by atoms with Crippen LogP contribution in [0.25, 0.3) is 11.1 Å². The lowest BCUT2D eigenvalue weighted by molar-refractivity contribution is 0.111. The summed E-state index contributed by atoms with van der Waals surface area (Å²) < 4.78 is 6.28. The van der Waals surface area contributed by atoms with Crippen LogP contribution in [0.3, 0.4) is 0 Å². The summed E-state index contributed by atoms with van der Waals surface area (Å²) in [5.74, 6) is 0.649. The molecule has 0 bridgehead atoms. The first kappa shape index (κ1) is 20.4. The van der Waals surface area contributed by atoms with Crippen LogP contribution in [0.5, 0.6) is 5.75 Å². The third kappa shape index (κ3) is 3.79. The molecule has 4 rings (SSSR count). The summed E-state index contributed by atoms with van der Waals surface area (Å²) >= 11 is 0. The van der Waals surface area contributed by atoms with Crippen molar-refractivity contribution in [3.63, 3.8) is 0 Å². The molecule has 2 heteroatoms.